The molecule has 1 aliphatic carbocycles. The van der Waals surface area contributed by atoms with Crippen LogP contribution in [0, 0.1) is 29.6 Å². The first kappa shape index (κ1) is 44.1. The molecule has 3 heterocycles. The van der Waals surface area contributed by atoms with Gasteiger partial charge in [-0.2, -0.15) is 4.31 Å². The number of alkyl halides is 1. The van der Waals surface area contributed by atoms with E-state index in [-0.39, 0.29) is 34.2 Å². The van der Waals surface area contributed by atoms with Gasteiger partial charge in [0, 0.05) is 31.5 Å². The number of nitrogens with zero attached hydrogens (tertiary/aromatic N) is 2. The minimum Gasteiger partial charge on any atom is -0.465 e. The number of hydrogen-bond donors (Lipinski definition) is 0. The summed E-state index contributed by atoms with van der Waals surface area (Å²) in [5.41, 5.74) is -0.109. The molecule has 3 saturated heterocycles. The first-order valence-electron chi connectivity index (χ1n) is 21.1. The smallest absolute Gasteiger partial charge is 0.311 e. The third kappa shape index (κ3) is 8.02. The number of ether oxygens (including phenoxy) is 1. The SMILES string of the molecule is Cc1ccc(S(=O)(=O)N2CC3CC4(COC(=O)C(C)(C)C)CCCCCCCCCC(=O)N5CCC3C2([C@@H](I)CO[Si](C(C)C)(C(C)C)C(C)C)C54)cc1. The Labute approximate surface area is 343 Å². The zero-order chi connectivity index (χ0) is 39.9. The molecule has 1 saturated carbocycles. The number of amides is 1. The molecule has 54 heavy (non-hydrogen) atoms. The van der Waals surface area contributed by atoms with E-state index in [2.05, 4.69) is 69.0 Å². The van der Waals surface area contributed by atoms with Crippen molar-refractivity contribution in [2.24, 2.45) is 22.7 Å². The Morgan fingerprint density at radius 2 is 1.52 bits per heavy atom. The maximum atomic E-state index is 15.4. The maximum Gasteiger partial charge on any atom is 0.311 e. The van der Waals surface area contributed by atoms with Crippen molar-refractivity contribution >= 4 is 52.8 Å². The fourth-order valence-electron chi connectivity index (χ4n) is 11.7. The van der Waals surface area contributed by atoms with Gasteiger partial charge in [-0.05, 0) is 94.0 Å². The molecule has 1 aromatic rings. The molecule has 0 aromatic heterocycles. The Kier molecular flexibility index (Phi) is 13.9. The van der Waals surface area contributed by atoms with Gasteiger partial charge in [0.25, 0.3) is 0 Å². The van der Waals surface area contributed by atoms with Gasteiger partial charge in [0.2, 0.25) is 15.9 Å². The van der Waals surface area contributed by atoms with Gasteiger partial charge < -0.3 is 14.1 Å². The van der Waals surface area contributed by atoms with Crippen LogP contribution in [0.1, 0.15) is 139 Å². The van der Waals surface area contributed by atoms with Gasteiger partial charge in [-0.25, -0.2) is 8.42 Å². The van der Waals surface area contributed by atoms with Gasteiger partial charge in [0.15, 0.2) is 8.32 Å². The van der Waals surface area contributed by atoms with Crippen LogP contribution >= 0.6 is 22.6 Å². The van der Waals surface area contributed by atoms with Crippen molar-refractivity contribution in [3.63, 3.8) is 0 Å². The molecule has 1 amide bonds. The fraction of sp³-hybridized carbons (Fsp3) is 0.814. The molecule has 11 heteroatoms. The molecule has 0 spiro atoms. The van der Waals surface area contributed by atoms with E-state index in [0.717, 1.165) is 69.8 Å². The molecule has 4 bridgehead atoms. The van der Waals surface area contributed by atoms with E-state index in [0.29, 0.717) is 47.6 Å². The molecule has 0 N–H and O–H groups in total. The van der Waals surface area contributed by atoms with E-state index in [9.17, 15) is 9.59 Å². The van der Waals surface area contributed by atoms with Gasteiger partial charge in [0.1, 0.15) is 0 Å². The second kappa shape index (κ2) is 17.1. The zero-order valence-corrected chi connectivity index (χ0v) is 39.1. The molecule has 4 aliphatic rings. The lowest BCUT2D eigenvalue weighted by Crippen LogP contribution is -2.78. The van der Waals surface area contributed by atoms with Gasteiger partial charge in [-0.1, -0.05) is 120 Å². The Hall–Kier alpha value is -1.02. The van der Waals surface area contributed by atoms with Gasteiger partial charge >= 0.3 is 5.97 Å². The Balaban J connectivity index is 1.76. The summed E-state index contributed by atoms with van der Waals surface area (Å²) in [6, 6.07) is 6.81. The van der Waals surface area contributed by atoms with Gasteiger partial charge in [-0.3, -0.25) is 9.59 Å². The molecular weight excluding hydrogens is 828 g/mol. The van der Waals surface area contributed by atoms with Crippen LogP contribution in [0.5, 0.6) is 0 Å². The van der Waals surface area contributed by atoms with E-state index in [1.165, 1.54) is 0 Å². The average molecular weight is 899 g/mol. The van der Waals surface area contributed by atoms with Gasteiger partial charge in [-0.15, -0.1) is 0 Å². The van der Waals surface area contributed by atoms with Crippen LogP contribution in [0.4, 0.5) is 0 Å². The minimum absolute atomic E-state index is 0.0487. The fourth-order valence-corrected chi connectivity index (χ4v) is 20.9. The van der Waals surface area contributed by atoms with E-state index >= 15 is 8.42 Å². The lowest BCUT2D eigenvalue weighted by atomic mass is 9.51. The monoisotopic (exact) mass is 898 g/mol. The van der Waals surface area contributed by atoms with E-state index in [4.69, 9.17) is 9.16 Å². The number of hydrogen-bond acceptors (Lipinski definition) is 6. The number of rotatable bonds is 11. The molecule has 0 radical (unpaired) electrons. The summed E-state index contributed by atoms with van der Waals surface area (Å²) in [6.07, 6.45) is 10.0. The van der Waals surface area contributed by atoms with E-state index in [1.54, 1.807) is 12.1 Å². The lowest BCUT2D eigenvalue weighted by molar-refractivity contribution is -0.178. The van der Waals surface area contributed by atoms with Crippen LogP contribution in [-0.4, -0.2) is 79.6 Å². The number of halogens is 1. The Bertz CT molecular complexity index is 1560. The molecular formula is C43H71IN2O6SSi. The highest BCUT2D eigenvalue weighted by atomic mass is 127. The number of esters is 1. The molecule has 5 unspecified atom stereocenters. The third-order valence-electron chi connectivity index (χ3n) is 14.0. The molecule has 3 aliphatic heterocycles. The molecule has 4 fully saturated rings. The van der Waals surface area contributed by atoms with E-state index < -0.39 is 40.8 Å². The third-order valence-corrected chi connectivity index (χ3v) is 23.3. The van der Waals surface area contributed by atoms with Crippen molar-refractivity contribution < 1.29 is 27.2 Å². The Morgan fingerprint density at radius 3 is 2.09 bits per heavy atom. The Morgan fingerprint density at radius 1 is 0.944 bits per heavy atom. The van der Waals surface area contributed by atoms with Crippen LogP contribution in [0.2, 0.25) is 16.6 Å². The summed E-state index contributed by atoms with van der Waals surface area (Å²) in [5, 5.41) is 0. The predicted octanol–water partition coefficient (Wildman–Crippen LogP) is 10.1. The van der Waals surface area contributed by atoms with Crippen molar-refractivity contribution in [1.82, 2.24) is 9.21 Å². The van der Waals surface area contributed by atoms with Crippen molar-refractivity contribution in [2.45, 2.75) is 177 Å². The van der Waals surface area contributed by atoms with Crippen molar-refractivity contribution in [3.05, 3.63) is 29.8 Å². The first-order chi connectivity index (χ1) is 25.3. The first-order valence-corrected chi connectivity index (χ1v) is 25.9. The van der Waals surface area contributed by atoms with E-state index in [1.807, 2.05) is 44.1 Å². The number of piperidine rings is 1. The number of benzene rings is 1. The molecule has 6 atom stereocenters. The summed E-state index contributed by atoms with van der Waals surface area (Å²) < 4.78 is 46.2. The second-order valence-electron chi connectivity index (χ2n) is 19.3. The molecule has 8 nitrogen and oxygen atoms in total. The normalized spacial score (nSPS) is 29.6. The molecule has 1 aromatic carbocycles. The predicted molar refractivity (Wildman–Crippen MR) is 229 cm³/mol. The highest BCUT2D eigenvalue weighted by Gasteiger charge is 2.75. The highest BCUT2D eigenvalue weighted by Crippen LogP contribution is 2.65. The van der Waals surface area contributed by atoms with Crippen LogP contribution in [0.15, 0.2) is 29.2 Å². The largest absolute Gasteiger partial charge is 0.465 e. The average Bonchev–Trinajstić information content (AvgIpc) is 3.36. The number of carbonyl (C=O) groups excluding carboxylic acids is 2. The van der Waals surface area contributed by atoms with Crippen LogP contribution in [-0.2, 0) is 28.8 Å². The summed E-state index contributed by atoms with van der Waals surface area (Å²) >= 11 is 2.55. The summed E-state index contributed by atoms with van der Waals surface area (Å²) in [6.45, 7) is 23.0. The number of aryl methyl sites for hydroxylation is 1. The maximum absolute atomic E-state index is 15.4. The van der Waals surface area contributed by atoms with Crippen molar-refractivity contribution in [2.75, 3.05) is 26.3 Å². The molecule has 306 valence electrons. The standard InChI is InChI=1S/C43H71IN2O6SSi/c1-30(2)54(31(3)4,32(5)6)52-28-37(44)43-36-23-25-45-38(47)18-16-14-12-11-13-15-17-24-42(39(43)45,29-51-40(48)41(8,9)10)26-34(36)27-46(43)53(49,50)35-21-19-33(7)20-22-35/h19-22,30-32,34,36-37,39H,11-18,23-29H2,1-10H3/t34?,36?,37-,39?,42?,43?/m0/s1. The topological polar surface area (TPSA) is 93.2 Å². The van der Waals surface area contributed by atoms with Crippen LogP contribution in [0.3, 0.4) is 0 Å². The van der Waals surface area contributed by atoms with Crippen LogP contribution in [0.25, 0.3) is 0 Å². The highest BCUT2D eigenvalue weighted by molar-refractivity contribution is 14.1. The lowest BCUT2D eigenvalue weighted by Gasteiger charge is -2.65. The quantitative estimate of drug-likeness (QED) is 0.0951. The summed E-state index contributed by atoms with van der Waals surface area (Å²) in [4.78, 5) is 30.8. The zero-order valence-electron chi connectivity index (χ0n) is 35.1. The molecule has 5 rings (SSSR count). The summed E-state index contributed by atoms with van der Waals surface area (Å²) in [7, 11) is -6.35. The number of carbonyl (C=O) groups is 2. The van der Waals surface area contributed by atoms with Crippen molar-refractivity contribution in [1.29, 1.82) is 0 Å². The summed E-state index contributed by atoms with van der Waals surface area (Å²) in [5.74, 6) is -0.0200. The minimum atomic E-state index is -4.01. The van der Waals surface area contributed by atoms with Crippen molar-refractivity contribution in [3.8, 4) is 0 Å². The number of sulfonamides is 1. The van der Waals surface area contributed by atoms with Gasteiger partial charge in [0.05, 0.1) is 32.4 Å². The van der Waals surface area contributed by atoms with Crippen LogP contribution < -0.4 is 0 Å². The second-order valence-corrected chi connectivity index (χ2v) is 28.2.